The van der Waals surface area contributed by atoms with Crippen molar-refractivity contribution >= 4 is 28.1 Å². The number of allylic oxidation sites excluding steroid dienone is 1. The molecule has 6 heteroatoms. The molecule has 0 unspecified atom stereocenters. The number of ether oxygens (including phenoxy) is 1. The Labute approximate surface area is 184 Å². The first-order valence-electron chi connectivity index (χ1n) is 10.1. The molecule has 4 nitrogen and oxygen atoms in total. The number of nitrogens with one attached hydrogen (secondary N) is 1. The summed E-state index contributed by atoms with van der Waals surface area (Å²) in [6.07, 6.45) is 3.05. The van der Waals surface area contributed by atoms with Crippen LogP contribution in [0, 0.1) is 11.6 Å². The van der Waals surface area contributed by atoms with Crippen LogP contribution in [0.25, 0.3) is 27.7 Å². The number of carbonyl (C=O) groups excluding carboxylic acids is 1. The Bertz CT molecular complexity index is 1310. The Morgan fingerprint density at radius 1 is 1.06 bits per heavy atom. The van der Waals surface area contributed by atoms with Gasteiger partial charge in [-0.05, 0) is 61.4 Å². The average molecular weight is 433 g/mol. The molecule has 0 radical (unpaired) electrons. The van der Waals surface area contributed by atoms with Crippen LogP contribution in [-0.2, 0) is 4.79 Å². The maximum atomic E-state index is 13.4. The Kier molecular flexibility index (Phi) is 6.03. The normalized spacial score (nSPS) is 11.6. The third-order valence-corrected chi connectivity index (χ3v) is 5.00. The molecule has 0 aliphatic heterocycles. The molecule has 0 bridgehead atoms. The number of hydrogen-bond donors (Lipinski definition) is 1. The van der Waals surface area contributed by atoms with Gasteiger partial charge >= 0.3 is 0 Å². The number of amides is 1. The molecule has 1 amide bonds. The Morgan fingerprint density at radius 3 is 2.56 bits per heavy atom. The number of rotatable bonds is 6. The minimum atomic E-state index is -0.430. The summed E-state index contributed by atoms with van der Waals surface area (Å²) < 4.78 is 38.2. The number of halogens is 2. The van der Waals surface area contributed by atoms with Gasteiger partial charge in [-0.15, -0.1) is 0 Å². The zero-order chi connectivity index (χ0) is 22.7. The third kappa shape index (κ3) is 4.54. The van der Waals surface area contributed by atoms with Gasteiger partial charge < -0.3 is 14.5 Å². The van der Waals surface area contributed by atoms with E-state index in [1.807, 2.05) is 13.0 Å². The lowest BCUT2D eigenvalue weighted by Gasteiger charge is -2.12. The van der Waals surface area contributed by atoms with Crippen molar-refractivity contribution in [1.29, 1.82) is 0 Å². The predicted octanol–water partition coefficient (Wildman–Crippen LogP) is 6.82. The quantitative estimate of drug-likeness (QED) is 0.340. The van der Waals surface area contributed by atoms with Crippen molar-refractivity contribution in [1.82, 2.24) is 0 Å². The fraction of sp³-hybridized carbons (Fsp3) is 0.115. The molecule has 0 saturated heterocycles. The molecular weight excluding hydrogens is 412 g/mol. The van der Waals surface area contributed by atoms with E-state index in [1.165, 1.54) is 36.4 Å². The molecule has 1 heterocycles. The standard InChI is InChI=1S/C26H21F2NO3/c1-3-31-24-14-25-22(23(15-32-25)17-7-9-18(27)10-8-17)13-21(24)16(2)11-26(30)29-20-6-4-5-19(28)12-20/h4-15H,3H2,1-2H3,(H,29,30)/b16-11+. The molecule has 4 rings (SSSR count). The van der Waals surface area contributed by atoms with E-state index in [0.717, 1.165) is 22.1 Å². The van der Waals surface area contributed by atoms with Crippen LogP contribution in [0.4, 0.5) is 14.5 Å². The number of carbonyl (C=O) groups is 1. The van der Waals surface area contributed by atoms with Crippen LogP contribution in [0.15, 0.2) is 77.4 Å². The lowest BCUT2D eigenvalue weighted by atomic mass is 9.99. The van der Waals surface area contributed by atoms with Crippen molar-refractivity contribution in [3.8, 4) is 16.9 Å². The van der Waals surface area contributed by atoms with Gasteiger partial charge in [0.05, 0.1) is 12.9 Å². The number of fused-ring (bicyclic) bond motifs is 1. The highest BCUT2D eigenvalue weighted by Gasteiger charge is 2.15. The molecule has 0 fully saturated rings. The van der Waals surface area contributed by atoms with Gasteiger partial charge in [0.25, 0.3) is 0 Å². The van der Waals surface area contributed by atoms with Crippen molar-refractivity contribution in [2.75, 3.05) is 11.9 Å². The number of furan rings is 1. The van der Waals surface area contributed by atoms with Gasteiger partial charge in [0, 0.05) is 34.3 Å². The topological polar surface area (TPSA) is 51.5 Å². The van der Waals surface area contributed by atoms with E-state index >= 15 is 0 Å². The average Bonchev–Trinajstić information content (AvgIpc) is 3.16. The van der Waals surface area contributed by atoms with Crippen LogP contribution in [-0.4, -0.2) is 12.5 Å². The Hall–Kier alpha value is -3.93. The van der Waals surface area contributed by atoms with Crippen molar-refractivity contribution in [3.05, 3.63) is 90.2 Å². The van der Waals surface area contributed by atoms with Crippen LogP contribution >= 0.6 is 0 Å². The maximum Gasteiger partial charge on any atom is 0.248 e. The minimum Gasteiger partial charge on any atom is -0.493 e. The monoisotopic (exact) mass is 433 g/mol. The highest BCUT2D eigenvalue weighted by Crippen LogP contribution is 2.37. The van der Waals surface area contributed by atoms with Crippen LogP contribution < -0.4 is 10.1 Å². The van der Waals surface area contributed by atoms with E-state index in [0.29, 0.717) is 29.2 Å². The second-order valence-electron chi connectivity index (χ2n) is 7.26. The summed E-state index contributed by atoms with van der Waals surface area (Å²) in [7, 11) is 0. The van der Waals surface area contributed by atoms with Crippen molar-refractivity contribution in [2.45, 2.75) is 13.8 Å². The van der Waals surface area contributed by atoms with Crippen LogP contribution in [0.1, 0.15) is 19.4 Å². The summed E-state index contributed by atoms with van der Waals surface area (Å²) >= 11 is 0. The van der Waals surface area contributed by atoms with Crippen molar-refractivity contribution in [2.24, 2.45) is 0 Å². The number of hydrogen-bond acceptors (Lipinski definition) is 3. The van der Waals surface area contributed by atoms with Gasteiger partial charge in [-0.3, -0.25) is 4.79 Å². The predicted molar refractivity (Wildman–Crippen MR) is 121 cm³/mol. The Morgan fingerprint density at radius 2 is 1.84 bits per heavy atom. The first-order valence-corrected chi connectivity index (χ1v) is 10.1. The summed E-state index contributed by atoms with van der Waals surface area (Å²) in [5.74, 6) is -0.557. The van der Waals surface area contributed by atoms with E-state index in [2.05, 4.69) is 5.32 Å². The fourth-order valence-corrected chi connectivity index (χ4v) is 3.51. The molecule has 1 aromatic heterocycles. The third-order valence-electron chi connectivity index (χ3n) is 5.00. The van der Waals surface area contributed by atoms with Crippen LogP contribution in [0.2, 0.25) is 0 Å². The van der Waals surface area contributed by atoms with Gasteiger partial charge in [0.1, 0.15) is 23.0 Å². The van der Waals surface area contributed by atoms with Crippen molar-refractivity contribution in [3.63, 3.8) is 0 Å². The first-order chi connectivity index (χ1) is 15.4. The van der Waals surface area contributed by atoms with E-state index in [-0.39, 0.29) is 11.7 Å². The van der Waals surface area contributed by atoms with Gasteiger partial charge in [0.15, 0.2) is 0 Å². The summed E-state index contributed by atoms with van der Waals surface area (Å²) in [5, 5.41) is 3.47. The smallest absolute Gasteiger partial charge is 0.248 e. The fourth-order valence-electron chi connectivity index (χ4n) is 3.51. The van der Waals surface area contributed by atoms with Crippen LogP contribution in [0.5, 0.6) is 5.75 Å². The molecule has 0 spiro atoms. The lowest BCUT2D eigenvalue weighted by molar-refractivity contribution is -0.111. The van der Waals surface area contributed by atoms with Gasteiger partial charge in [-0.2, -0.15) is 0 Å². The first kappa shape index (κ1) is 21.3. The molecule has 32 heavy (non-hydrogen) atoms. The maximum absolute atomic E-state index is 13.4. The Balaban J connectivity index is 1.72. The summed E-state index contributed by atoms with van der Waals surface area (Å²) in [4.78, 5) is 12.5. The minimum absolute atomic E-state index is 0.316. The van der Waals surface area contributed by atoms with Crippen LogP contribution in [0.3, 0.4) is 0 Å². The largest absolute Gasteiger partial charge is 0.493 e. The molecule has 4 aromatic rings. The van der Waals surface area contributed by atoms with E-state index in [1.54, 1.807) is 37.5 Å². The molecule has 1 N–H and O–H groups in total. The van der Waals surface area contributed by atoms with Gasteiger partial charge in [-0.25, -0.2) is 8.78 Å². The molecule has 0 aliphatic rings. The van der Waals surface area contributed by atoms with Gasteiger partial charge in [-0.1, -0.05) is 18.2 Å². The number of benzene rings is 3. The molecule has 3 aromatic carbocycles. The highest BCUT2D eigenvalue weighted by atomic mass is 19.1. The zero-order valence-corrected chi connectivity index (χ0v) is 17.6. The second-order valence-corrected chi connectivity index (χ2v) is 7.26. The molecule has 0 aliphatic carbocycles. The summed E-state index contributed by atoms with van der Waals surface area (Å²) in [5.41, 5.74) is 3.99. The molecular formula is C26H21F2NO3. The molecule has 0 saturated carbocycles. The summed E-state index contributed by atoms with van der Waals surface area (Å²) in [6.45, 7) is 4.11. The SMILES string of the molecule is CCOc1cc2occ(-c3ccc(F)cc3)c2cc1/C(C)=C/C(=O)Nc1cccc(F)c1. The van der Waals surface area contributed by atoms with E-state index in [4.69, 9.17) is 9.15 Å². The van der Waals surface area contributed by atoms with Crippen molar-refractivity contribution < 1.29 is 22.7 Å². The second kappa shape index (κ2) is 9.06. The highest BCUT2D eigenvalue weighted by molar-refractivity contribution is 6.05. The van der Waals surface area contributed by atoms with Gasteiger partial charge in [0.2, 0.25) is 5.91 Å². The summed E-state index contributed by atoms with van der Waals surface area (Å²) in [6, 6.07) is 15.5. The molecule has 0 atom stereocenters. The number of anilines is 1. The van der Waals surface area contributed by atoms with E-state index in [9.17, 15) is 13.6 Å². The molecule has 162 valence electrons. The van der Waals surface area contributed by atoms with E-state index < -0.39 is 5.82 Å². The lowest BCUT2D eigenvalue weighted by Crippen LogP contribution is -2.09. The zero-order valence-electron chi connectivity index (χ0n) is 17.6.